The topological polar surface area (TPSA) is 63.3 Å². The Bertz CT molecular complexity index is 2010. The molecule has 0 bridgehead atoms. The number of nitrogens with zero attached hydrogens (tertiary/aromatic N) is 3. The van der Waals surface area contributed by atoms with Crippen molar-refractivity contribution in [2.24, 2.45) is 0 Å². The first-order valence-corrected chi connectivity index (χ1v) is 14.2. The van der Waals surface area contributed by atoms with Crippen LogP contribution in [0.3, 0.4) is 0 Å². The van der Waals surface area contributed by atoms with E-state index in [0.717, 1.165) is 33.7 Å². The Morgan fingerprint density at radius 3 is 2.61 bits per heavy atom. The van der Waals surface area contributed by atoms with Crippen LogP contribution in [-0.2, 0) is 6.54 Å². The molecule has 4 heterocycles. The van der Waals surface area contributed by atoms with Crippen molar-refractivity contribution < 1.29 is 18.0 Å². The number of carbonyl (C=O) groups excluding carboxylic acids is 1. The quantitative estimate of drug-likeness (QED) is 0.219. The summed E-state index contributed by atoms with van der Waals surface area (Å²) < 4.78 is 38.6. The van der Waals surface area contributed by atoms with Gasteiger partial charge in [0, 0.05) is 48.3 Å². The third-order valence-electron chi connectivity index (χ3n) is 7.70. The van der Waals surface area contributed by atoms with E-state index in [2.05, 4.69) is 16.0 Å². The van der Waals surface area contributed by atoms with E-state index in [1.54, 1.807) is 25.2 Å². The predicted molar refractivity (Wildman–Crippen MR) is 160 cm³/mol. The highest BCUT2D eigenvalue weighted by Gasteiger charge is 2.27. The maximum Gasteiger partial charge on any atom is 0.255 e. The van der Waals surface area contributed by atoms with Crippen LogP contribution in [0, 0.1) is 11.6 Å². The predicted octanol–water partition coefficient (Wildman–Crippen LogP) is 7.50. The lowest BCUT2D eigenvalue weighted by Crippen LogP contribution is -2.18. The molecule has 0 saturated heterocycles. The first-order valence-electron chi connectivity index (χ1n) is 13.0. The van der Waals surface area contributed by atoms with Crippen LogP contribution in [0.4, 0.5) is 14.5 Å². The Kier molecular flexibility index (Phi) is 5.86. The van der Waals surface area contributed by atoms with Gasteiger partial charge in [-0.1, -0.05) is 24.1 Å². The standard InChI is InChI=1S/C32H24F2N4O2S/c1-35-32(39)29-22-13-21(26(37(2)41-3)15-28(22)40-31(29)17-7-10-19(33)11-8-17)24-12-9-18-16-38-25-6-4-5-23(34)20(25)14-27(38)30(18)36-24/h4-15H,16H2,1-3H3,(H,35,39). The zero-order valence-corrected chi connectivity index (χ0v) is 23.3. The van der Waals surface area contributed by atoms with Crippen molar-refractivity contribution in [2.75, 3.05) is 24.7 Å². The van der Waals surface area contributed by atoms with Crippen LogP contribution in [0.25, 0.3) is 55.8 Å². The Labute approximate surface area is 238 Å². The number of aromatic nitrogens is 2. The molecule has 1 N–H and O–H groups in total. The Morgan fingerprint density at radius 1 is 1.05 bits per heavy atom. The number of anilines is 1. The molecule has 0 spiro atoms. The maximum atomic E-state index is 14.6. The van der Waals surface area contributed by atoms with Crippen molar-refractivity contribution in [3.05, 3.63) is 95.6 Å². The second-order valence-electron chi connectivity index (χ2n) is 9.93. The average molecular weight is 567 g/mol. The SMILES string of the molecule is CNC(=O)c1c(-c2ccc(F)cc2)oc2cc(N(C)SC)c(-c3ccc4c(n3)-c3cc5c(F)cccc5n3C4)cc12. The summed E-state index contributed by atoms with van der Waals surface area (Å²) in [4.78, 5) is 18.3. The highest BCUT2D eigenvalue weighted by molar-refractivity contribution is 7.99. The number of rotatable bonds is 5. The lowest BCUT2D eigenvalue weighted by molar-refractivity contribution is 0.0964. The van der Waals surface area contributed by atoms with Crippen LogP contribution in [-0.4, -0.2) is 35.8 Å². The zero-order chi connectivity index (χ0) is 28.4. The number of pyridine rings is 1. The summed E-state index contributed by atoms with van der Waals surface area (Å²) in [5.41, 5.74) is 7.45. The molecule has 204 valence electrons. The van der Waals surface area contributed by atoms with Crippen LogP contribution in [0.1, 0.15) is 15.9 Å². The van der Waals surface area contributed by atoms with E-state index >= 15 is 0 Å². The molecule has 0 saturated carbocycles. The van der Waals surface area contributed by atoms with Crippen molar-refractivity contribution >= 4 is 45.4 Å². The van der Waals surface area contributed by atoms with Crippen LogP contribution < -0.4 is 9.62 Å². The third-order valence-corrected chi connectivity index (χ3v) is 8.44. The van der Waals surface area contributed by atoms with Gasteiger partial charge in [0.1, 0.15) is 23.0 Å². The van der Waals surface area contributed by atoms with Gasteiger partial charge in [0.15, 0.2) is 0 Å². The number of benzene rings is 3. The minimum Gasteiger partial charge on any atom is -0.455 e. The maximum absolute atomic E-state index is 14.6. The highest BCUT2D eigenvalue weighted by atomic mass is 32.2. The summed E-state index contributed by atoms with van der Waals surface area (Å²) in [5.74, 6) is -0.576. The molecule has 9 heteroatoms. The van der Waals surface area contributed by atoms with Crippen molar-refractivity contribution in [3.8, 4) is 34.0 Å². The van der Waals surface area contributed by atoms with E-state index in [0.29, 0.717) is 45.5 Å². The van der Waals surface area contributed by atoms with Gasteiger partial charge in [-0.05, 0) is 60.2 Å². The van der Waals surface area contributed by atoms with Crippen LogP contribution >= 0.6 is 11.9 Å². The minimum atomic E-state index is -0.373. The molecule has 3 aromatic heterocycles. The molecule has 0 aliphatic carbocycles. The second-order valence-corrected chi connectivity index (χ2v) is 10.8. The number of carbonyl (C=O) groups is 1. The minimum absolute atomic E-state index is 0.255. The highest BCUT2D eigenvalue weighted by Crippen LogP contribution is 2.43. The van der Waals surface area contributed by atoms with Crippen molar-refractivity contribution in [3.63, 3.8) is 0 Å². The molecule has 6 nitrogen and oxygen atoms in total. The van der Waals surface area contributed by atoms with Crippen molar-refractivity contribution in [1.82, 2.24) is 14.9 Å². The normalized spacial score (nSPS) is 12.1. The fraction of sp³-hybridized carbons (Fsp3) is 0.125. The van der Waals surface area contributed by atoms with Gasteiger partial charge in [0.2, 0.25) is 0 Å². The van der Waals surface area contributed by atoms with E-state index in [9.17, 15) is 13.6 Å². The Morgan fingerprint density at radius 2 is 1.85 bits per heavy atom. The molecular formula is C32H24F2N4O2S. The molecule has 6 aromatic rings. The number of hydrogen-bond donors (Lipinski definition) is 1. The zero-order valence-electron chi connectivity index (χ0n) is 22.5. The first kappa shape index (κ1) is 25.3. The van der Waals surface area contributed by atoms with Crippen molar-refractivity contribution in [1.29, 1.82) is 0 Å². The van der Waals surface area contributed by atoms with Gasteiger partial charge in [0.25, 0.3) is 5.91 Å². The largest absolute Gasteiger partial charge is 0.455 e. The van der Waals surface area contributed by atoms with E-state index in [-0.39, 0.29) is 17.5 Å². The van der Waals surface area contributed by atoms with E-state index in [1.807, 2.05) is 47.9 Å². The van der Waals surface area contributed by atoms with Gasteiger partial charge >= 0.3 is 0 Å². The molecule has 0 radical (unpaired) electrons. The van der Waals surface area contributed by atoms with E-state index in [1.165, 1.54) is 30.1 Å². The number of furan rings is 1. The summed E-state index contributed by atoms with van der Waals surface area (Å²) in [6, 6.07) is 20.7. The molecule has 3 aromatic carbocycles. The van der Waals surface area contributed by atoms with Crippen LogP contribution in [0.15, 0.2) is 77.2 Å². The number of fused-ring (bicyclic) bond motifs is 6. The summed E-state index contributed by atoms with van der Waals surface area (Å²) in [6.07, 6.45) is 1.97. The number of hydrogen-bond acceptors (Lipinski definition) is 5. The third kappa shape index (κ3) is 3.91. The van der Waals surface area contributed by atoms with Crippen LogP contribution in [0.5, 0.6) is 0 Å². The second kappa shape index (κ2) is 9.49. The van der Waals surface area contributed by atoms with Crippen molar-refractivity contribution in [2.45, 2.75) is 6.54 Å². The number of halogens is 2. The average Bonchev–Trinajstić information content (AvgIpc) is 3.66. The van der Waals surface area contributed by atoms with Gasteiger partial charge in [0.05, 0.1) is 40.4 Å². The molecule has 0 atom stereocenters. The fourth-order valence-electron chi connectivity index (χ4n) is 5.62. The summed E-state index contributed by atoms with van der Waals surface area (Å²) >= 11 is 1.53. The van der Waals surface area contributed by atoms with Gasteiger partial charge in [-0.15, -0.1) is 0 Å². The molecule has 0 unspecified atom stereocenters. The van der Waals surface area contributed by atoms with Gasteiger partial charge < -0.3 is 18.6 Å². The van der Waals surface area contributed by atoms with Gasteiger partial charge in [-0.3, -0.25) is 4.79 Å². The first-order chi connectivity index (χ1) is 19.9. The molecule has 1 amide bonds. The fourth-order valence-corrected chi connectivity index (χ4v) is 5.97. The summed E-state index contributed by atoms with van der Waals surface area (Å²) in [6.45, 7) is 0.616. The summed E-state index contributed by atoms with van der Waals surface area (Å²) in [7, 11) is 3.52. The Hall–Kier alpha value is -4.63. The van der Waals surface area contributed by atoms with E-state index in [4.69, 9.17) is 9.40 Å². The monoisotopic (exact) mass is 566 g/mol. The molecule has 41 heavy (non-hydrogen) atoms. The lowest BCUT2D eigenvalue weighted by Gasteiger charge is -2.19. The number of nitrogens with one attached hydrogen (secondary N) is 1. The molecule has 0 fully saturated rings. The van der Waals surface area contributed by atoms with E-state index < -0.39 is 0 Å². The lowest BCUT2D eigenvalue weighted by atomic mass is 10.00. The molecule has 1 aliphatic heterocycles. The molecule has 1 aliphatic rings. The Balaban J connectivity index is 1.45. The molecular weight excluding hydrogens is 542 g/mol. The smallest absolute Gasteiger partial charge is 0.255 e. The number of amides is 1. The van der Waals surface area contributed by atoms with Crippen LogP contribution in [0.2, 0.25) is 0 Å². The molecule has 7 rings (SSSR count). The van der Waals surface area contributed by atoms with Gasteiger partial charge in [-0.2, -0.15) is 0 Å². The van der Waals surface area contributed by atoms with Gasteiger partial charge in [-0.25, -0.2) is 13.8 Å². The summed E-state index contributed by atoms with van der Waals surface area (Å²) in [5, 5.41) is 3.91.